The first-order valence-electron chi connectivity index (χ1n) is 6.72. The van der Waals surface area contributed by atoms with Crippen molar-refractivity contribution in [2.45, 2.75) is 57.3 Å². The van der Waals surface area contributed by atoms with Crippen molar-refractivity contribution in [3.8, 4) is 0 Å². The molecule has 2 atom stereocenters. The van der Waals surface area contributed by atoms with Crippen molar-refractivity contribution >= 4 is 0 Å². The van der Waals surface area contributed by atoms with Gasteiger partial charge in [0.25, 0.3) is 0 Å². The summed E-state index contributed by atoms with van der Waals surface area (Å²) < 4.78 is 0. The van der Waals surface area contributed by atoms with Gasteiger partial charge < -0.3 is 5.11 Å². The van der Waals surface area contributed by atoms with E-state index >= 15 is 0 Å². The molecule has 2 heteroatoms. The molecule has 0 aromatic heterocycles. The second-order valence-electron chi connectivity index (χ2n) is 5.61. The predicted octanol–water partition coefficient (Wildman–Crippen LogP) is 2.48. The number of rotatable bonds is 2. The van der Waals surface area contributed by atoms with E-state index in [1.807, 2.05) is 0 Å². The maximum absolute atomic E-state index is 9.80. The third-order valence-electron chi connectivity index (χ3n) is 4.47. The molecule has 2 saturated heterocycles. The lowest BCUT2D eigenvalue weighted by Gasteiger charge is -2.37. The van der Waals surface area contributed by atoms with Crippen LogP contribution in [0.4, 0.5) is 0 Å². The number of aliphatic hydroxyl groups excluding tert-OH is 1. The molecule has 1 N–H and O–H groups in total. The maximum Gasteiger partial charge on any atom is 0.0570 e. The Morgan fingerprint density at radius 2 is 1.82 bits per heavy atom. The molecule has 2 bridgehead atoms. The van der Waals surface area contributed by atoms with E-state index in [1.165, 1.54) is 24.0 Å². The Balaban J connectivity index is 1.76. The molecular formula is C15H21NO. The van der Waals surface area contributed by atoms with Gasteiger partial charge in [-0.3, -0.25) is 4.90 Å². The van der Waals surface area contributed by atoms with Gasteiger partial charge in [-0.05, 0) is 43.7 Å². The van der Waals surface area contributed by atoms with Crippen LogP contribution in [0.3, 0.4) is 0 Å². The Morgan fingerprint density at radius 3 is 2.47 bits per heavy atom. The van der Waals surface area contributed by atoms with Crippen LogP contribution in [-0.2, 0) is 6.54 Å². The summed E-state index contributed by atoms with van der Waals surface area (Å²) in [5, 5.41) is 9.80. The summed E-state index contributed by atoms with van der Waals surface area (Å²) in [7, 11) is 0. The molecule has 2 aliphatic rings. The SMILES string of the molecule is Cc1ccccc1CN1C2CCC1CC(O)C2. The van der Waals surface area contributed by atoms with Crippen LogP contribution in [0.15, 0.2) is 24.3 Å². The molecule has 1 aromatic carbocycles. The second kappa shape index (κ2) is 4.43. The van der Waals surface area contributed by atoms with Crippen molar-refractivity contribution < 1.29 is 5.11 Å². The summed E-state index contributed by atoms with van der Waals surface area (Å²) in [4.78, 5) is 2.62. The Labute approximate surface area is 103 Å². The molecule has 0 aliphatic carbocycles. The average Bonchev–Trinajstić information content (AvgIpc) is 2.56. The lowest BCUT2D eigenvalue weighted by molar-refractivity contribution is 0.0309. The third-order valence-corrected chi connectivity index (χ3v) is 4.47. The van der Waals surface area contributed by atoms with E-state index in [0.29, 0.717) is 12.1 Å². The van der Waals surface area contributed by atoms with Gasteiger partial charge in [0.2, 0.25) is 0 Å². The van der Waals surface area contributed by atoms with Crippen molar-refractivity contribution in [3.05, 3.63) is 35.4 Å². The molecule has 0 spiro atoms. The Kier molecular flexibility index (Phi) is 2.93. The van der Waals surface area contributed by atoms with Gasteiger partial charge in [0.1, 0.15) is 0 Å². The monoisotopic (exact) mass is 231 g/mol. The van der Waals surface area contributed by atoms with Crippen LogP contribution in [0, 0.1) is 6.92 Å². The first-order valence-corrected chi connectivity index (χ1v) is 6.72. The Hall–Kier alpha value is -0.860. The van der Waals surface area contributed by atoms with E-state index in [-0.39, 0.29) is 6.10 Å². The summed E-state index contributed by atoms with van der Waals surface area (Å²) >= 11 is 0. The zero-order valence-electron chi connectivity index (χ0n) is 10.5. The standard InChI is InChI=1S/C15H21NO/c1-11-4-2-3-5-12(11)10-16-13-6-7-14(16)9-15(17)8-13/h2-5,13-15,17H,6-10H2,1H3. The zero-order chi connectivity index (χ0) is 11.8. The number of fused-ring (bicyclic) bond motifs is 2. The van der Waals surface area contributed by atoms with E-state index in [9.17, 15) is 5.11 Å². The van der Waals surface area contributed by atoms with E-state index in [1.54, 1.807) is 0 Å². The van der Waals surface area contributed by atoms with Crippen molar-refractivity contribution in [2.24, 2.45) is 0 Å². The van der Waals surface area contributed by atoms with Gasteiger partial charge >= 0.3 is 0 Å². The number of aryl methyl sites for hydroxylation is 1. The van der Waals surface area contributed by atoms with Crippen molar-refractivity contribution in [3.63, 3.8) is 0 Å². The first-order chi connectivity index (χ1) is 8.24. The molecule has 17 heavy (non-hydrogen) atoms. The second-order valence-corrected chi connectivity index (χ2v) is 5.61. The number of hydrogen-bond acceptors (Lipinski definition) is 2. The lowest BCUT2D eigenvalue weighted by Crippen LogP contribution is -2.44. The summed E-state index contributed by atoms with van der Waals surface area (Å²) in [5.41, 5.74) is 2.83. The van der Waals surface area contributed by atoms with Crippen LogP contribution in [0.25, 0.3) is 0 Å². The molecule has 3 rings (SSSR count). The van der Waals surface area contributed by atoms with Gasteiger partial charge in [-0.15, -0.1) is 0 Å². The average molecular weight is 231 g/mol. The number of hydrogen-bond donors (Lipinski definition) is 1. The van der Waals surface area contributed by atoms with Gasteiger partial charge in [-0.2, -0.15) is 0 Å². The van der Waals surface area contributed by atoms with Crippen molar-refractivity contribution in [1.29, 1.82) is 0 Å². The smallest absolute Gasteiger partial charge is 0.0570 e. The van der Waals surface area contributed by atoms with Gasteiger partial charge in [0.15, 0.2) is 0 Å². The minimum absolute atomic E-state index is 0.0550. The minimum atomic E-state index is -0.0550. The number of benzene rings is 1. The van der Waals surface area contributed by atoms with E-state index in [2.05, 4.69) is 36.1 Å². The highest BCUT2D eigenvalue weighted by Gasteiger charge is 2.39. The number of aliphatic hydroxyl groups is 1. The van der Waals surface area contributed by atoms with E-state index in [0.717, 1.165) is 19.4 Å². The highest BCUT2D eigenvalue weighted by molar-refractivity contribution is 5.25. The summed E-state index contributed by atoms with van der Waals surface area (Å²) in [6.45, 7) is 3.25. The van der Waals surface area contributed by atoms with Crippen LogP contribution in [0.5, 0.6) is 0 Å². The largest absolute Gasteiger partial charge is 0.393 e. The summed E-state index contributed by atoms with van der Waals surface area (Å²) in [5.74, 6) is 0. The number of nitrogens with zero attached hydrogens (tertiary/aromatic N) is 1. The quantitative estimate of drug-likeness (QED) is 0.845. The minimum Gasteiger partial charge on any atom is -0.393 e. The predicted molar refractivity (Wildman–Crippen MR) is 68.8 cm³/mol. The fourth-order valence-corrected chi connectivity index (χ4v) is 3.49. The van der Waals surface area contributed by atoms with Gasteiger partial charge in [0, 0.05) is 18.6 Å². The maximum atomic E-state index is 9.80. The summed E-state index contributed by atoms with van der Waals surface area (Å²) in [6, 6.07) is 9.89. The van der Waals surface area contributed by atoms with Gasteiger partial charge in [-0.25, -0.2) is 0 Å². The fourth-order valence-electron chi connectivity index (χ4n) is 3.49. The van der Waals surface area contributed by atoms with Gasteiger partial charge in [-0.1, -0.05) is 24.3 Å². The molecule has 0 radical (unpaired) electrons. The van der Waals surface area contributed by atoms with Crippen molar-refractivity contribution in [1.82, 2.24) is 4.90 Å². The highest BCUT2D eigenvalue weighted by atomic mass is 16.3. The molecular weight excluding hydrogens is 210 g/mol. The van der Waals surface area contributed by atoms with Crippen LogP contribution >= 0.6 is 0 Å². The molecule has 1 aromatic rings. The molecule has 2 heterocycles. The van der Waals surface area contributed by atoms with Crippen LogP contribution in [0.2, 0.25) is 0 Å². The fraction of sp³-hybridized carbons (Fsp3) is 0.600. The number of piperidine rings is 1. The van der Waals surface area contributed by atoms with Crippen LogP contribution in [0.1, 0.15) is 36.8 Å². The molecule has 2 fully saturated rings. The lowest BCUT2D eigenvalue weighted by atomic mass is 9.98. The zero-order valence-corrected chi connectivity index (χ0v) is 10.5. The first kappa shape index (κ1) is 11.2. The highest BCUT2D eigenvalue weighted by Crippen LogP contribution is 2.36. The molecule has 2 unspecified atom stereocenters. The van der Waals surface area contributed by atoms with Crippen molar-refractivity contribution in [2.75, 3.05) is 0 Å². The van der Waals surface area contributed by atoms with Gasteiger partial charge in [0.05, 0.1) is 6.10 Å². The topological polar surface area (TPSA) is 23.5 Å². The Bertz CT molecular complexity index is 390. The summed E-state index contributed by atoms with van der Waals surface area (Å²) in [6.07, 6.45) is 4.44. The van der Waals surface area contributed by atoms with Crippen LogP contribution < -0.4 is 0 Å². The third kappa shape index (κ3) is 2.12. The molecule has 2 nitrogen and oxygen atoms in total. The van der Waals surface area contributed by atoms with E-state index in [4.69, 9.17) is 0 Å². The normalized spacial score (nSPS) is 32.9. The molecule has 92 valence electrons. The molecule has 0 amide bonds. The Morgan fingerprint density at radius 1 is 1.18 bits per heavy atom. The van der Waals surface area contributed by atoms with E-state index < -0.39 is 0 Å². The molecule has 2 aliphatic heterocycles. The van der Waals surface area contributed by atoms with Crippen LogP contribution in [-0.4, -0.2) is 28.2 Å². The molecule has 0 saturated carbocycles.